The fourth-order valence-corrected chi connectivity index (χ4v) is 4.28. The molecule has 0 atom stereocenters. The first-order chi connectivity index (χ1) is 16.0. The molecule has 2 heterocycles. The predicted molar refractivity (Wildman–Crippen MR) is 129 cm³/mol. The second-order valence-electron chi connectivity index (χ2n) is 8.22. The van der Waals surface area contributed by atoms with Crippen LogP contribution >= 0.6 is 11.6 Å². The number of halogens is 1. The van der Waals surface area contributed by atoms with E-state index < -0.39 is 0 Å². The molecule has 3 N–H and O–H groups in total. The van der Waals surface area contributed by atoms with Gasteiger partial charge in [-0.25, -0.2) is 4.85 Å². The maximum atomic E-state index is 12.3. The molecule has 0 amide bonds. The van der Waals surface area contributed by atoms with E-state index in [-0.39, 0.29) is 5.56 Å². The number of nitrogens with zero attached hydrogens (tertiary/aromatic N) is 3. The smallest absolute Gasteiger partial charge is 0.255 e. The Hall–Kier alpha value is -3.44. The maximum Gasteiger partial charge on any atom is 0.255 e. The molecule has 0 saturated heterocycles. The van der Waals surface area contributed by atoms with Gasteiger partial charge in [0.1, 0.15) is 0 Å². The number of aryl methyl sites for hydroxylation is 1. The SMILES string of the molecule is [C-]#[N+]c1cc(COC2CC2)c(Cl)cc1-c1c(-c2ccc3c(=O)[nH]cc(CN)c3c2)cnn1C. The third-order valence-corrected chi connectivity index (χ3v) is 6.35. The molecule has 7 nitrogen and oxygen atoms in total. The normalized spacial score (nSPS) is 13.4. The average Bonchev–Trinajstić information content (AvgIpc) is 3.58. The predicted octanol–water partition coefficient (Wildman–Crippen LogP) is 4.94. The van der Waals surface area contributed by atoms with Gasteiger partial charge in [-0.1, -0.05) is 17.7 Å². The van der Waals surface area contributed by atoms with Crippen LogP contribution in [0.15, 0.2) is 47.5 Å². The molecule has 0 bridgehead atoms. The van der Waals surface area contributed by atoms with E-state index in [4.69, 9.17) is 28.6 Å². The van der Waals surface area contributed by atoms with Gasteiger partial charge < -0.3 is 15.5 Å². The van der Waals surface area contributed by atoms with Crippen molar-refractivity contribution in [2.75, 3.05) is 0 Å². The molecule has 8 heteroatoms. The number of pyridine rings is 1. The van der Waals surface area contributed by atoms with Crippen LogP contribution in [-0.2, 0) is 24.9 Å². The van der Waals surface area contributed by atoms with Crippen LogP contribution in [0.1, 0.15) is 24.0 Å². The van der Waals surface area contributed by atoms with E-state index in [2.05, 4.69) is 14.9 Å². The molecule has 0 unspecified atom stereocenters. The third kappa shape index (κ3) is 3.93. The zero-order chi connectivity index (χ0) is 23.1. The Labute approximate surface area is 195 Å². The second kappa shape index (κ2) is 8.49. The summed E-state index contributed by atoms with van der Waals surface area (Å²) < 4.78 is 7.53. The first kappa shape index (κ1) is 21.4. The molecule has 2 aromatic carbocycles. The molecule has 1 aliphatic rings. The standard InChI is InChI=1S/C25H22ClN5O2/c1-28-23-8-15(13-33-17-4-5-17)22(26)9-20(23)24-21(12-30-31(24)2)14-3-6-18-19(7-14)16(10-27)11-29-25(18)32/h3,6-9,11-12,17H,4-5,10,13,27H2,2H3,(H,29,32). The average molecular weight is 460 g/mol. The first-order valence-corrected chi connectivity index (χ1v) is 11.1. The number of hydrogen-bond donors (Lipinski definition) is 2. The van der Waals surface area contributed by atoms with Crippen LogP contribution in [-0.4, -0.2) is 20.9 Å². The Morgan fingerprint density at radius 1 is 1.24 bits per heavy atom. The Bertz CT molecular complexity index is 1480. The molecule has 1 saturated carbocycles. The highest BCUT2D eigenvalue weighted by atomic mass is 35.5. The van der Waals surface area contributed by atoms with Crippen molar-refractivity contribution in [3.63, 3.8) is 0 Å². The van der Waals surface area contributed by atoms with Crippen LogP contribution in [0.4, 0.5) is 5.69 Å². The fourth-order valence-electron chi connectivity index (χ4n) is 4.06. The highest BCUT2D eigenvalue weighted by Gasteiger charge is 2.23. The van der Waals surface area contributed by atoms with Crippen LogP contribution in [0.5, 0.6) is 0 Å². The van der Waals surface area contributed by atoms with E-state index in [0.717, 1.165) is 46.2 Å². The van der Waals surface area contributed by atoms with E-state index in [1.165, 1.54) is 0 Å². The Morgan fingerprint density at radius 2 is 2.06 bits per heavy atom. The van der Waals surface area contributed by atoms with Gasteiger partial charge in [0.25, 0.3) is 5.56 Å². The highest BCUT2D eigenvalue weighted by Crippen LogP contribution is 2.41. The minimum atomic E-state index is -0.161. The number of rotatable bonds is 6. The molecular formula is C25H22ClN5O2. The van der Waals surface area contributed by atoms with Gasteiger partial charge in [0.05, 0.1) is 31.2 Å². The lowest BCUT2D eigenvalue weighted by atomic mass is 9.96. The van der Waals surface area contributed by atoms with E-state index in [1.807, 2.05) is 25.2 Å². The van der Waals surface area contributed by atoms with E-state index in [9.17, 15) is 4.79 Å². The zero-order valence-electron chi connectivity index (χ0n) is 18.1. The van der Waals surface area contributed by atoms with Gasteiger partial charge in [-0.15, -0.1) is 0 Å². The van der Waals surface area contributed by atoms with Crippen molar-refractivity contribution in [2.45, 2.75) is 32.1 Å². The van der Waals surface area contributed by atoms with Gasteiger partial charge in [-0.05, 0) is 59.2 Å². The summed E-state index contributed by atoms with van der Waals surface area (Å²) in [6, 6.07) is 9.24. The molecule has 0 radical (unpaired) electrons. The van der Waals surface area contributed by atoms with Crippen molar-refractivity contribution in [1.82, 2.24) is 14.8 Å². The number of aromatic amines is 1. The number of benzene rings is 2. The summed E-state index contributed by atoms with van der Waals surface area (Å²) in [6.07, 6.45) is 5.87. The minimum Gasteiger partial charge on any atom is -0.374 e. The summed E-state index contributed by atoms with van der Waals surface area (Å²) in [6.45, 7) is 8.47. The number of fused-ring (bicyclic) bond motifs is 1. The summed E-state index contributed by atoms with van der Waals surface area (Å²) in [4.78, 5) is 18.8. The van der Waals surface area contributed by atoms with Gasteiger partial charge >= 0.3 is 0 Å². The summed E-state index contributed by atoms with van der Waals surface area (Å²) in [5, 5.41) is 6.39. The molecule has 1 aliphatic carbocycles. The summed E-state index contributed by atoms with van der Waals surface area (Å²) in [5.74, 6) is 0. The van der Waals surface area contributed by atoms with Gasteiger partial charge in [-0.3, -0.25) is 9.48 Å². The van der Waals surface area contributed by atoms with Crippen molar-refractivity contribution in [2.24, 2.45) is 12.8 Å². The van der Waals surface area contributed by atoms with E-state index >= 15 is 0 Å². The number of aromatic nitrogens is 3. The summed E-state index contributed by atoms with van der Waals surface area (Å²) in [5.41, 5.74) is 11.1. The van der Waals surface area contributed by atoms with Gasteiger partial charge in [0, 0.05) is 41.3 Å². The number of H-pyrrole nitrogens is 1. The summed E-state index contributed by atoms with van der Waals surface area (Å²) >= 11 is 6.60. The van der Waals surface area contributed by atoms with Crippen LogP contribution in [0.25, 0.3) is 38.0 Å². The molecule has 166 valence electrons. The molecule has 1 fully saturated rings. The second-order valence-corrected chi connectivity index (χ2v) is 8.63. The molecule has 33 heavy (non-hydrogen) atoms. The van der Waals surface area contributed by atoms with Gasteiger partial charge in [-0.2, -0.15) is 5.10 Å². The van der Waals surface area contributed by atoms with Crippen molar-refractivity contribution in [1.29, 1.82) is 0 Å². The van der Waals surface area contributed by atoms with Crippen LogP contribution in [0.3, 0.4) is 0 Å². The minimum absolute atomic E-state index is 0.161. The van der Waals surface area contributed by atoms with Crippen molar-refractivity contribution in [3.05, 3.63) is 80.6 Å². The van der Waals surface area contributed by atoms with Crippen LogP contribution in [0.2, 0.25) is 5.02 Å². The molecule has 5 rings (SSSR count). The molecule has 0 spiro atoms. The van der Waals surface area contributed by atoms with Crippen LogP contribution < -0.4 is 11.3 Å². The Kier molecular flexibility index (Phi) is 5.51. The van der Waals surface area contributed by atoms with Crippen LogP contribution in [0, 0.1) is 6.57 Å². The summed E-state index contributed by atoms with van der Waals surface area (Å²) in [7, 11) is 1.83. The Morgan fingerprint density at radius 3 is 2.79 bits per heavy atom. The lowest BCUT2D eigenvalue weighted by molar-refractivity contribution is 0.106. The molecule has 0 aliphatic heterocycles. The number of ether oxygens (including phenoxy) is 1. The number of nitrogens with one attached hydrogen (secondary N) is 1. The molecular weight excluding hydrogens is 438 g/mol. The lowest BCUT2D eigenvalue weighted by Crippen LogP contribution is -2.09. The maximum absolute atomic E-state index is 12.3. The fraction of sp³-hybridized carbons (Fsp3) is 0.240. The quantitative estimate of drug-likeness (QED) is 0.400. The van der Waals surface area contributed by atoms with Gasteiger partial charge in [0.2, 0.25) is 0 Å². The molecule has 4 aromatic rings. The molecule has 2 aromatic heterocycles. The number of hydrogen-bond acceptors (Lipinski definition) is 4. The monoisotopic (exact) mass is 459 g/mol. The topological polar surface area (TPSA) is 90.3 Å². The lowest BCUT2D eigenvalue weighted by Gasteiger charge is -2.13. The van der Waals surface area contributed by atoms with E-state index in [0.29, 0.717) is 40.9 Å². The van der Waals surface area contributed by atoms with Crippen molar-refractivity contribution in [3.8, 4) is 22.4 Å². The van der Waals surface area contributed by atoms with E-state index in [1.54, 1.807) is 29.2 Å². The van der Waals surface area contributed by atoms with Crippen molar-refractivity contribution >= 4 is 28.1 Å². The largest absolute Gasteiger partial charge is 0.374 e. The van der Waals surface area contributed by atoms with Gasteiger partial charge in [0.15, 0.2) is 5.69 Å². The number of nitrogens with two attached hydrogens (primary N) is 1. The Balaban J connectivity index is 1.64. The third-order valence-electron chi connectivity index (χ3n) is 6.00. The zero-order valence-corrected chi connectivity index (χ0v) is 18.8. The highest BCUT2D eigenvalue weighted by molar-refractivity contribution is 6.32. The first-order valence-electron chi connectivity index (χ1n) is 10.7. The van der Waals surface area contributed by atoms with Crippen molar-refractivity contribution < 1.29 is 4.74 Å².